The maximum absolute atomic E-state index is 13.4. The first-order chi connectivity index (χ1) is 18.9. The summed E-state index contributed by atoms with van der Waals surface area (Å²) in [5.41, 5.74) is 1.26. The van der Waals surface area contributed by atoms with E-state index in [0.29, 0.717) is 43.2 Å². The number of aryl methyl sites for hydroxylation is 1. The molecule has 0 N–H and O–H groups in total. The van der Waals surface area contributed by atoms with Crippen molar-refractivity contribution in [3.05, 3.63) is 41.5 Å². The molecule has 2 unspecified atom stereocenters. The van der Waals surface area contributed by atoms with E-state index < -0.39 is 17.7 Å². The molecule has 2 aromatic rings. The van der Waals surface area contributed by atoms with Crippen LogP contribution in [0.5, 0.6) is 28.7 Å². The lowest BCUT2D eigenvalue weighted by Gasteiger charge is -2.40. The molecule has 0 saturated carbocycles. The molecule has 10 nitrogen and oxygen atoms in total. The molecular weight excluding hydrogens is 504 g/mol. The number of hydrogen-bond donors (Lipinski definition) is 0. The van der Waals surface area contributed by atoms with E-state index in [1.54, 1.807) is 14.2 Å². The third-order valence-corrected chi connectivity index (χ3v) is 7.48. The van der Waals surface area contributed by atoms with E-state index in [-0.39, 0.29) is 29.0 Å². The SMILES string of the molecule is COc1ccc(CCCCN2CC3CCC(C2=O)N3C(=O)C(=O)c2cc(OC)c(OC)c(OC)c2)cc1OC. The van der Waals surface area contributed by atoms with Gasteiger partial charge in [0.15, 0.2) is 23.0 Å². The number of likely N-dealkylation sites (tertiary alicyclic amines) is 1. The Labute approximate surface area is 228 Å². The minimum Gasteiger partial charge on any atom is -0.493 e. The lowest BCUT2D eigenvalue weighted by Crippen LogP contribution is -2.60. The van der Waals surface area contributed by atoms with Crippen LogP contribution in [0.15, 0.2) is 30.3 Å². The van der Waals surface area contributed by atoms with Crippen LogP contribution in [-0.4, -0.2) is 88.1 Å². The molecule has 2 heterocycles. The fraction of sp³-hybridized carbons (Fsp3) is 0.483. The Kier molecular flexibility index (Phi) is 8.83. The van der Waals surface area contributed by atoms with Gasteiger partial charge in [-0.15, -0.1) is 0 Å². The highest BCUT2D eigenvalue weighted by atomic mass is 16.5. The summed E-state index contributed by atoms with van der Waals surface area (Å²) in [4.78, 5) is 43.2. The number of Topliss-reactive ketones (excluding diaryl/α,β-unsaturated/α-hetero) is 1. The second kappa shape index (κ2) is 12.3. The number of carbonyl (C=O) groups excluding carboxylic acids is 3. The van der Waals surface area contributed by atoms with Crippen LogP contribution < -0.4 is 23.7 Å². The number of amides is 2. The van der Waals surface area contributed by atoms with Crippen LogP contribution in [0.1, 0.15) is 41.6 Å². The number of piperazine rings is 1. The van der Waals surface area contributed by atoms with Gasteiger partial charge in [0.25, 0.3) is 11.7 Å². The monoisotopic (exact) mass is 540 g/mol. The number of nitrogens with zero attached hydrogens (tertiary/aromatic N) is 2. The number of benzene rings is 2. The van der Waals surface area contributed by atoms with Crippen LogP contribution in [0, 0.1) is 0 Å². The standard InChI is InChI=1S/C29H36N2O8/c1-35-22-12-9-18(14-23(22)36-2)8-6-7-13-30-17-20-10-11-21(28(30)33)31(20)29(34)26(32)19-15-24(37-3)27(39-5)25(16-19)38-4/h9,12,14-16,20-21H,6-8,10-11,13,17H2,1-5H3. The number of fused-ring (bicyclic) bond motifs is 2. The minimum atomic E-state index is -0.706. The number of carbonyl (C=O) groups is 3. The summed E-state index contributed by atoms with van der Waals surface area (Å²) in [7, 11) is 7.58. The van der Waals surface area contributed by atoms with Crippen molar-refractivity contribution in [1.29, 1.82) is 0 Å². The lowest BCUT2D eigenvalue weighted by molar-refractivity contribution is -0.149. The van der Waals surface area contributed by atoms with Crippen molar-refractivity contribution in [1.82, 2.24) is 9.80 Å². The number of hydrogen-bond acceptors (Lipinski definition) is 8. The first-order valence-corrected chi connectivity index (χ1v) is 13.0. The molecule has 4 rings (SSSR count). The van der Waals surface area contributed by atoms with Gasteiger partial charge in [-0.05, 0) is 61.9 Å². The van der Waals surface area contributed by atoms with E-state index in [2.05, 4.69) is 0 Å². The molecule has 2 fully saturated rings. The second-order valence-electron chi connectivity index (χ2n) is 9.63. The van der Waals surface area contributed by atoms with E-state index in [4.69, 9.17) is 23.7 Å². The Morgan fingerprint density at radius 2 is 1.49 bits per heavy atom. The third kappa shape index (κ3) is 5.60. The zero-order valence-electron chi connectivity index (χ0n) is 23.2. The Hall–Kier alpha value is -3.95. The predicted octanol–water partition coefficient (Wildman–Crippen LogP) is 3.14. The zero-order valence-corrected chi connectivity index (χ0v) is 23.2. The van der Waals surface area contributed by atoms with Gasteiger partial charge in [-0.25, -0.2) is 0 Å². The van der Waals surface area contributed by atoms with Gasteiger partial charge in [0.1, 0.15) is 6.04 Å². The number of ether oxygens (including phenoxy) is 5. The van der Waals surface area contributed by atoms with Crippen molar-refractivity contribution < 1.29 is 38.1 Å². The summed E-state index contributed by atoms with van der Waals surface area (Å²) < 4.78 is 26.6. The molecular formula is C29H36N2O8. The number of unbranched alkanes of at least 4 members (excludes halogenated alkanes) is 1. The van der Waals surface area contributed by atoms with E-state index in [0.717, 1.165) is 24.8 Å². The summed E-state index contributed by atoms with van der Waals surface area (Å²) in [5.74, 6) is 0.803. The van der Waals surface area contributed by atoms with Crippen LogP contribution in [-0.2, 0) is 16.0 Å². The number of methoxy groups -OCH3 is 5. The first kappa shape index (κ1) is 28.1. The van der Waals surface area contributed by atoms with E-state index in [1.807, 2.05) is 23.1 Å². The molecule has 2 amide bonds. The molecule has 2 aromatic carbocycles. The van der Waals surface area contributed by atoms with E-state index in [1.165, 1.54) is 38.4 Å². The molecule has 2 aliphatic rings. The Bertz CT molecular complexity index is 1200. The maximum atomic E-state index is 13.4. The Morgan fingerprint density at radius 3 is 2.10 bits per heavy atom. The smallest absolute Gasteiger partial charge is 0.295 e. The molecule has 39 heavy (non-hydrogen) atoms. The number of ketones is 1. The lowest BCUT2D eigenvalue weighted by atomic mass is 10.0. The molecule has 2 atom stereocenters. The van der Waals surface area contributed by atoms with Crippen molar-refractivity contribution in [3.8, 4) is 28.7 Å². The highest BCUT2D eigenvalue weighted by Crippen LogP contribution is 2.39. The van der Waals surface area contributed by atoms with Crippen molar-refractivity contribution in [2.45, 2.75) is 44.2 Å². The van der Waals surface area contributed by atoms with Gasteiger partial charge in [-0.3, -0.25) is 14.4 Å². The van der Waals surface area contributed by atoms with Gasteiger partial charge in [0.05, 0.1) is 41.6 Å². The van der Waals surface area contributed by atoms with Crippen molar-refractivity contribution in [2.24, 2.45) is 0 Å². The first-order valence-electron chi connectivity index (χ1n) is 13.0. The summed E-state index contributed by atoms with van der Waals surface area (Å²) in [6.07, 6.45) is 3.82. The zero-order chi connectivity index (χ0) is 28.1. The van der Waals surface area contributed by atoms with Gasteiger partial charge < -0.3 is 33.5 Å². The fourth-order valence-corrected chi connectivity index (χ4v) is 5.49. The van der Waals surface area contributed by atoms with Crippen LogP contribution in [0.4, 0.5) is 0 Å². The van der Waals surface area contributed by atoms with Crippen LogP contribution >= 0.6 is 0 Å². The highest BCUT2D eigenvalue weighted by Gasteiger charge is 2.49. The van der Waals surface area contributed by atoms with Crippen molar-refractivity contribution in [3.63, 3.8) is 0 Å². The van der Waals surface area contributed by atoms with Crippen molar-refractivity contribution >= 4 is 17.6 Å². The fourth-order valence-electron chi connectivity index (χ4n) is 5.49. The molecule has 2 bridgehead atoms. The average molecular weight is 541 g/mol. The highest BCUT2D eigenvalue weighted by molar-refractivity contribution is 6.43. The molecule has 0 aliphatic carbocycles. The van der Waals surface area contributed by atoms with Gasteiger partial charge >= 0.3 is 0 Å². The molecule has 0 radical (unpaired) electrons. The molecule has 210 valence electrons. The van der Waals surface area contributed by atoms with Gasteiger partial charge in [-0.2, -0.15) is 0 Å². The summed E-state index contributed by atoms with van der Waals surface area (Å²) in [5, 5.41) is 0. The molecule has 0 aromatic heterocycles. The third-order valence-electron chi connectivity index (χ3n) is 7.48. The maximum Gasteiger partial charge on any atom is 0.295 e. The van der Waals surface area contributed by atoms with E-state index >= 15 is 0 Å². The van der Waals surface area contributed by atoms with Gasteiger partial charge in [0.2, 0.25) is 11.7 Å². The molecule has 2 aliphatic heterocycles. The summed E-state index contributed by atoms with van der Waals surface area (Å²) in [6.45, 7) is 1.04. The van der Waals surface area contributed by atoms with Gasteiger partial charge in [0, 0.05) is 18.7 Å². The normalized spacial score (nSPS) is 18.1. The summed E-state index contributed by atoms with van der Waals surface area (Å²) >= 11 is 0. The predicted molar refractivity (Wildman–Crippen MR) is 143 cm³/mol. The Balaban J connectivity index is 1.37. The minimum absolute atomic E-state index is 0.0964. The van der Waals surface area contributed by atoms with Crippen LogP contribution in [0.3, 0.4) is 0 Å². The number of rotatable bonds is 12. The molecule has 10 heteroatoms. The van der Waals surface area contributed by atoms with E-state index in [9.17, 15) is 14.4 Å². The summed E-state index contributed by atoms with van der Waals surface area (Å²) in [6, 6.07) is 8.00. The molecule has 0 spiro atoms. The second-order valence-corrected chi connectivity index (χ2v) is 9.63. The quantitative estimate of drug-likeness (QED) is 0.230. The van der Waals surface area contributed by atoms with Crippen molar-refractivity contribution in [2.75, 3.05) is 48.6 Å². The average Bonchev–Trinajstić information content (AvgIpc) is 3.32. The molecule has 2 saturated heterocycles. The van der Waals surface area contributed by atoms with Gasteiger partial charge in [-0.1, -0.05) is 6.07 Å². The largest absolute Gasteiger partial charge is 0.493 e. The topological polar surface area (TPSA) is 104 Å². The Morgan fingerprint density at radius 1 is 0.821 bits per heavy atom. The van der Waals surface area contributed by atoms with Crippen LogP contribution in [0.2, 0.25) is 0 Å². The van der Waals surface area contributed by atoms with Crippen LogP contribution in [0.25, 0.3) is 0 Å².